The van der Waals surface area contributed by atoms with Gasteiger partial charge in [-0.3, -0.25) is 23.5 Å². The second-order valence-corrected chi connectivity index (χ2v) is 11.7. The van der Waals surface area contributed by atoms with E-state index < -0.39 is 11.2 Å². The van der Waals surface area contributed by atoms with Crippen molar-refractivity contribution in [2.45, 2.75) is 45.8 Å². The van der Waals surface area contributed by atoms with Crippen molar-refractivity contribution < 1.29 is 14.3 Å². The predicted octanol–water partition coefficient (Wildman–Crippen LogP) is 1.92. The van der Waals surface area contributed by atoms with E-state index in [1.165, 1.54) is 25.0 Å². The van der Waals surface area contributed by atoms with Crippen LogP contribution in [-0.2, 0) is 32.0 Å². The van der Waals surface area contributed by atoms with Crippen molar-refractivity contribution in [3.05, 3.63) is 85.8 Å². The van der Waals surface area contributed by atoms with Crippen LogP contribution >= 0.6 is 0 Å². The number of hydrogen-bond acceptors (Lipinski definition) is 11. The summed E-state index contributed by atoms with van der Waals surface area (Å²) in [6.45, 7) is 2.92. The molecule has 0 aliphatic rings. The van der Waals surface area contributed by atoms with Gasteiger partial charge in [-0.25, -0.2) is 19.7 Å². The lowest BCUT2D eigenvalue weighted by molar-refractivity contribution is -0.121. The molecule has 0 aliphatic carbocycles. The van der Waals surface area contributed by atoms with E-state index in [1.807, 2.05) is 24.3 Å². The van der Waals surface area contributed by atoms with Crippen LogP contribution in [0.1, 0.15) is 52.7 Å². The van der Waals surface area contributed by atoms with Crippen molar-refractivity contribution in [2.75, 3.05) is 12.3 Å². The molecule has 16 nitrogen and oxygen atoms in total. The molecule has 252 valence electrons. The van der Waals surface area contributed by atoms with Crippen molar-refractivity contribution in [1.29, 1.82) is 0 Å². The SMILES string of the molecule is Cc1cc2nc3c(=O)n(C)c(=O)n(C)c3nc2cc1C(=O)NCCCCCC(=O)NCc1ccc(COc2nc(N)nc3nc[nH]c23)cc1. The second kappa shape index (κ2) is 13.9. The smallest absolute Gasteiger partial charge is 0.332 e. The van der Waals surface area contributed by atoms with E-state index in [0.29, 0.717) is 71.6 Å². The fourth-order valence-corrected chi connectivity index (χ4v) is 5.39. The molecule has 6 aromatic rings. The van der Waals surface area contributed by atoms with Gasteiger partial charge in [-0.2, -0.15) is 9.97 Å². The number of benzene rings is 2. The first kappa shape index (κ1) is 32.7. The zero-order valence-electron chi connectivity index (χ0n) is 27.2. The Morgan fingerprint density at radius 2 is 1.67 bits per heavy atom. The number of unbranched alkanes of at least 4 members (excludes halogenated alkanes) is 2. The van der Waals surface area contributed by atoms with E-state index in [0.717, 1.165) is 22.1 Å². The van der Waals surface area contributed by atoms with Crippen LogP contribution in [0.5, 0.6) is 5.88 Å². The van der Waals surface area contributed by atoms with Crippen molar-refractivity contribution in [2.24, 2.45) is 14.1 Å². The third-order valence-corrected chi connectivity index (χ3v) is 8.16. The quantitative estimate of drug-likeness (QED) is 0.109. The number of fused-ring (bicyclic) bond motifs is 3. The van der Waals surface area contributed by atoms with Crippen molar-refractivity contribution >= 4 is 51.1 Å². The molecule has 0 bridgehead atoms. The van der Waals surface area contributed by atoms with Gasteiger partial charge in [0.25, 0.3) is 11.5 Å². The number of aromatic nitrogens is 8. The number of nitrogens with two attached hydrogens (primary N) is 1. The molecule has 0 spiro atoms. The highest BCUT2D eigenvalue weighted by Gasteiger charge is 2.16. The lowest BCUT2D eigenvalue weighted by Gasteiger charge is -2.11. The number of hydrogen-bond donors (Lipinski definition) is 4. The molecule has 0 radical (unpaired) electrons. The summed E-state index contributed by atoms with van der Waals surface area (Å²) in [4.78, 5) is 74.4. The number of nitrogens with one attached hydrogen (secondary N) is 3. The number of aromatic amines is 1. The van der Waals surface area contributed by atoms with Gasteiger partial charge in [0.1, 0.15) is 12.1 Å². The first-order chi connectivity index (χ1) is 23.6. The van der Waals surface area contributed by atoms with Crippen molar-refractivity contribution in [1.82, 2.24) is 49.7 Å². The van der Waals surface area contributed by atoms with Gasteiger partial charge in [0.05, 0.1) is 17.4 Å². The summed E-state index contributed by atoms with van der Waals surface area (Å²) in [6.07, 6.45) is 4.04. The van der Waals surface area contributed by atoms with Crippen molar-refractivity contribution in [3.63, 3.8) is 0 Å². The molecule has 2 aromatic carbocycles. The molecule has 16 heteroatoms. The Morgan fingerprint density at radius 3 is 2.47 bits per heavy atom. The van der Waals surface area contributed by atoms with Crippen molar-refractivity contribution in [3.8, 4) is 5.88 Å². The minimum Gasteiger partial charge on any atom is -0.471 e. The summed E-state index contributed by atoms with van der Waals surface area (Å²) in [6, 6.07) is 11.0. The highest BCUT2D eigenvalue weighted by atomic mass is 16.5. The highest BCUT2D eigenvalue weighted by molar-refractivity contribution is 5.99. The van der Waals surface area contributed by atoms with Crippen LogP contribution in [0.25, 0.3) is 33.4 Å². The monoisotopic (exact) mass is 665 g/mol. The molecule has 0 saturated carbocycles. The average Bonchev–Trinajstić information content (AvgIpc) is 3.57. The maximum atomic E-state index is 13.0. The molecule has 2 amide bonds. The standard InChI is InChI=1S/C33H35N11O5/c1-18-13-22-23(40-28-26(39-22)31(47)44(3)33(48)43(28)2)14-21(18)29(46)35-12-6-4-5-7-24(45)36-15-19-8-10-20(11-9-19)16-49-30-25-27(38-17-37-25)41-32(34)42-30/h8-11,13-14,17H,4-7,12,15-16H2,1-3H3,(H,35,46)(H,36,45)(H3,34,37,38,41,42). The number of carbonyl (C=O) groups is 2. The number of aryl methyl sites for hydroxylation is 2. The van der Waals surface area contributed by atoms with Crippen LogP contribution in [0.3, 0.4) is 0 Å². The Hall–Kier alpha value is -6.19. The van der Waals surface area contributed by atoms with Crippen LogP contribution in [0.4, 0.5) is 5.95 Å². The van der Waals surface area contributed by atoms with E-state index in [9.17, 15) is 19.2 Å². The van der Waals surface area contributed by atoms with Crippen LogP contribution in [0.2, 0.25) is 0 Å². The maximum absolute atomic E-state index is 13.0. The fourth-order valence-electron chi connectivity index (χ4n) is 5.39. The fraction of sp³-hybridized carbons (Fsp3) is 0.303. The molecule has 0 fully saturated rings. The molecule has 5 N–H and O–H groups in total. The Kier molecular flexibility index (Phi) is 9.28. The van der Waals surface area contributed by atoms with Crippen LogP contribution < -0.4 is 32.4 Å². The number of amides is 2. The Balaban J connectivity index is 0.921. The topological polar surface area (TPSA) is 218 Å². The highest BCUT2D eigenvalue weighted by Crippen LogP contribution is 2.21. The third-order valence-electron chi connectivity index (χ3n) is 8.16. The number of rotatable bonds is 12. The summed E-state index contributed by atoms with van der Waals surface area (Å²) in [5, 5.41) is 5.87. The number of imidazole rings is 1. The van der Waals surface area contributed by atoms with E-state index in [-0.39, 0.29) is 35.5 Å². The number of nitrogens with zero attached hydrogens (tertiary/aromatic N) is 7. The Bertz CT molecular complexity index is 2330. The lowest BCUT2D eigenvalue weighted by Crippen LogP contribution is -2.37. The molecule has 4 aromatic heterocycles. The lowest BCUT2D eigenvalue weighted by atomic mass is 10.1. The first-order valence-corrected chi connectivity index (χ1v) is 15.7. The van der Waals surface area contributed by atoms with Crippen LogP contribution in [0, 0.1) is 6.92 Å². The molecule has 0 saturated heterocycles. The van der Waals surface area contributed by atoms with E-state index in [1.54, 1.807) is 19.1 Å². The van der Waals surface area contributed by atoms with Gasteiger partial charge in [0.2, 0.25) is 17.7 Å². The van der Waals surface area contributed by atoms with Gasteiger partial charge in [0, 0.05) is 39.2 Å². The van der Waals surface area contributed by atoms with E-state index in [2.05, 4.69) is 40.5 Å². The summed E-state index contributed by atoms with van der Waals surface area (Å²) in [5.41, 5.74) is 9.81. The summed E-state index contributed by atoms with van der Waals surface area (Å²) < 4.78 is 8.07. The van der Waals surface area contributed by atoms with Crippen LogP contribution in [0.15, 0.2) is 52.3 Å². The summed E-state index contributed by atoms with van der Waals surface area (Å²) >= 11 is 0. The maximum Gasteiger partial charge on any atom is 0.332 e. The predicted molar refractivity (Wildman–Crippen MR) is 182 cm³/mol. The van der Waals surface area contributed by atoms with Crippen LogP contribution in [-0.4, -0.2) is 57.4 Å². The van der Waals surface area contributed by atoms with Gasteiger partial charge in [-0.1, -0.05) is 30.7 Å². The molecular weight excluding hydrogens is 630 g/mol. The number of H-pyrrole nitrogens is 1. The molecule has 0 unspecified atom stereocenters. The third kappa shape index (κ3) is 7.07. The molecule has 0 aliphatic heterocycles. The van der Waals surface area contributed by atoms with Gasteiger partial charge < -0.3 is 26.1 Å². The van der Waals surface area contributed by atoms with Gasteiger partial charge in [-0.15, -0.1) is 0 Å². The summed E-state index contributed by atoms with van der Waals surface area (Å²) in [7, 11) is 2.91. The number of carbonyl (C=O) groups excluding carboxylic acids is 2. The van der Waals surface area contributed by atoms with Gasteiger partial charge in [-0.05, 0) is 48.6 Å². The van der Waals surface area contributed by atoms with E-state index >= 15 is 0 Å². The zero-order chi connectivity index (χ0) is 34.7. The molecule has 49 heavy (non-hydrogen) atoms. The van der Waals surface area contributed by atoms with Gasteiger partial charge in [0.15, 0.2) is 16.8 Å². The van der Waals surface area contributed by atoms with E-state index in [4.69, 9.17) is 10.5 Å². The molecule has 0 atom stereocenters. The minimum absolute atomic E-state index is 0.0443. The zero-order valence-corrected chi connectivity index (χ0v) is 27.2. The molecular formula is C33H35N11O5. The largest absolute Gasteiger partial charge is 0.471 e. The van der Waals surface area contributed by atoms with Gasteiger partial charge >= 0.3 is 5.69 Å². The number of anilines is 1. The minimum atomic E-state index is -0.526. The Labute approximate surface area is 278 Å². The summed E-state index contributed by atoms with van der Waals surface area (Å²) in [5.74, 6) is 0.106. The molecule has 6 rings (SSSR count). The molecule has 4 heterocycles. The Morgan fingerprint density at radius 1 is 0.918 bits per heavy atom. The average molecular weight is 666 g/mol. The first-order valence-electron chi connectivity index (χ1n) is 15.7. The number of nitrogen functional groups attached to an aromatic ring is 1. The normalized spacial score (nSPS) is 11.3. The number of ether oxygens (including phenoxy) is 1. The second-order valence-electron chi connectivity index (χ2n) is 11.7.